The van der Waals surface area contributed by atoms with Gasteiger partial charge in [0.05, 0.1) is 20.8 Å². The predicted molar refractivity (Wildman–Crippen MR) is 116 cm³/mol. The van der Waals surface area contributed by atoms with Crippen LogP contribution in [0.4, 0.5) is 0 Å². The molecule has 152 valence electrons. The Morgan fingerprint density at radius 2 is 1.67 bits per heavy atom. The Balaban J connectivity index is 1.65. The van der Waals surface area contributed by atoms with Crippen molar-refractivity contribution in [2.45, 2.75) is 11.8 Å². The summed E-state index contributed by atoms with van der Waals surface area (Å²) < 4.78 is 16.8. The summed E-state index contributed by atoms with van der Waals surface area (Å²) in [6.45, 7) is 0.520. The van der Waals surface area contributed by atoms with Crippen molar-refractivity contribution >= 4 is 10.9 Å². The normalized spacial score (nSPS) is 17.9. The minimum absolute atomic E-state index is 0.0846. The van der Waals surface area contributed by atoms with E-state index in [1.165, 1.54) is 11.1 Å². The largest absolute Gasteiger partial charge is 0.508 e. The van der Waals surface area contributed by atoms with Crippen molar-refractivity contribution in [3.8, 4) is 23.0 Å². The molecule has 0 fully saturated rings. The van der Waals surface area contributed by atoms with Gasteiger partial charge in [-0.15, -0.1) is 0 Å². The minimum atomic E-state index is 0.0846. The van der Waals surface area contributed by atoms with Gasteiger partial charge in [0.15, 0.2) is 0 Å². The molecule has 5 rings (SSSR count). The van der Waals surface area contributed by atoms with Crippen molar-refractivity contribution < 1.29 is 19.3 Å². The fourth-order valence-corrected chi connectivity index (χ4v) is 4.45. The molecule has 0 saturated carbocycles. The zero-order valence-corrected chi connectivity index (χ0v) is 16.9. The highest BCUT2D eigenvalue weighted by Crippen LogP contribution is 2.48. The van der Waals surface area contributed by atoms with Crippen LogP contribution in [0, 0.1) is 0 Å². The number of aromatic hydroxyl groups is 1. The Morgan fingerprint density at radius 3 is 2.43 bits per heavy atom. The molecule has 0 spiro atoms. The Bertz CT molecular complexity index is 1200. The molecule has 1 aliphatic rings. The Kier molecular flexibility index (Phi) is 4.51. The third kappa shape index (κ3) is 3.03. The number of phenols is 1. The number of phenolic OH excluding ortho intramolecular Hbond substituents is 1. The second-order valence-electron chi connectivity index (χ2n) is 7.55. The summed E-state index contributed by atoms with van der Waals surface area (Å²) in [5.41, 5.74) is 4.48. The topological polar surface area (TPSA) is 63.7 Å². The van der Waals surface area contributed by atoms with Crippen molar-refractivity contribution in [3.63, 3.8) is 0 Å². The number of aromatic nitrogens is 1. The van der Waals surface area contributed by atoms with Gasteiger partial charge in [0.25, 0.3) is 0 Å². The van der Waals surface area contributed by atoms with Crippen molar-refractivity contribution in [3.05, 3.63) is 83.6 Å². The van der Waals surface area contributed by atoms with Crippen molar-refractivity contribution in [2.24, 2.45) is 0 Å². The lowest BCUT2D eigenvalue weighted by Gasteiger charge is -2.34. The van der Waals surface area contributed by atoms with Crippen LogP contribution < -0.4 is 14.2 Å². The van der Waals surface area contributed by atoms with Gasteiger partial charge in [-0.2, -0.15) is 0 Å². The molecule has 5 heteroatoms. The SMILES string of the molecule is COc1ccc(C2c3ccc(O)cc3OCC2c2c[nH]c3cc(OC)ccc23)cc1. The molecule has 0 saturated heterocycles. The number of fused-ring (bicyclic) bond motifs is 2. The molecule has 3 aromatic carbocycles. The summed E-state index contributed by atoms with van der Waals surface area (Å²) >= 11 is 0. The third-order valence-electron chi connectivity index (χ3n) is 5.95. The number of rotatable bonds is 4. The molecule has 0 radical (unpaired) electrons. The molecule has 2 heterocycles. The van der Waals surface area contributed by atoms with Gasteiger partial charge in [-0.1, -0.05) is 18.2 Å². The van der Waals surface area contributed by atoms with Crippen LogP contribution >= 0.6 is 0 Å². The van der Waals surface area contributed by atoms with E-state index in [-0.39, 0.29) is 17.6 Å². The summed E-state index contributed by atoms with van der Waals surface area (Å²) in [5.74, 6) is 2.78. The Hall–Kier alpha value is -3.60. The zero-order valence-electron chi connectivity index (χ0n) is 16.9. The number of hydrogen-bond acceptors (Lipinski definition) is 4. The van der Waals surface area contributed by atoms with Crippen LogP contribution in [0.15, 0.2) is 66.9 Å². The number of methoxy groups -OCH3 is 2. The maximum atomic E-state index is 9.94. The summed E-state index contributed by atoms with van der Waals surface area (Å²) in [6.07, 6.45) is 2.07. The number of H-pyrrole nitrogens is 1. The van der Waals surface area contributed by atoms with E-state index in [0.29, 0.717) is 6.61 Å². The molecule has 4 aromatic rings. The standard InChI is InChI=1S/C25H23NO4/c1-28-17-6-3-15(4-7-17)25-20-9-5-16(27)11-24(20)30-14-22(25)21-13-26-23-12-18(29-2)8-10-19(21)23/h3-13,22,25-27H,14H2,1-2H3. The van der Waals surface area contributed by atoms with Crippen LogP contribution in [0.25, 0.3) is 10.9 Å². The molecule has 2 atom stereocenters. The lowest BCUT2D eigenvalue weighted by Crippen LogP contribution is -2.25. The van der Waals surface area contributed by atoms with Crippen LogP contribution in [0.3, 0.4) is 0 Å². The van der Waals surface area contributed by atoms with E-state index < -0.39 is 0 Å². The second-order valence-corrected chi connectivity index (χ2v) is 7.55. The first kappa shape index (κ1) is 18.4. The van der Waals surface area contributed by atoms with Gasteiger partial charge in [0.1, 0.15) is 23.0 Å². The highest BCUT2D eigenvalue weighted by Gasteiger charge is 2.35. The molecule has 0 amide bonds. The molecule has 0 bridgehead atoms. The fourth-order valence-electron chi connectivity index (χ4n) is 4.45. The van der Waals surface area contributed by atoms with Crippen LogP contribution in [0.1, 0.15) is 28.5 Å². The molecule has 2 unspecified atom stereocenters. The number of benzene rings is 3. The number of aromatic amines is 1. The lowest BCUT2D eigenvalue weighted by molar-refractivity contribution is 0.248. The third-order valence-corrected chi connectivity index (χ3v) is 5.95. The van der Waals surface area contributed by atoms with Gasteiger partial charge >= 0.3 is 0 Å². The van der Waals surface area contributed by atoms with Gasteiger partial charge in [-0.3, -0.25) is 0 Å². The van der Waals surface area contributed by atoms with E-state index in [1.54, 1.807) is 26.4 Å². The van der Waals surface area contributed by atoms with E-state index in [2.05, 4.69) is 29.4 Å². The summed E-state index contributed by atoms with van der Waals surface area (Å²) in [4.78, 5) is 3.39. The number of nitrogens with one attached hydrogen (secondary N) is 1. The van der Waals surface area contributed by atoms with E-state index in [4.69, 9.17) is 14.2 Å². The number of hydrogen-bond donors (Lipinski definition) is 2. The van der Waals surface area contributed by atoms with Gasteiger partial charge < -0.3 is 24.3 Å². The average molecular weight is 401 g/mol. The molecule has 1 aromatic heterocycles. The lowest BCUT2D eigenvalue weighted by atomic mass is 9.76. The van der Waals surface area contributed by atoms with E-state index in [9.17, 15) is 5.11 Å². The van der Waals surface area contributed by atoms with Crippen LogP contribution in [-0.2, 0) is 0 Å². The van der Waals surface area contributed by atoms with Crippen LogP contribution in [0.2, 0.25) is 0 Å². The zero-order chi connectivity index (χ0) is 20.7. The summed E-state index contributed by atoms with van der Waals surface area (Å²) in [6, 6.07) is 19.7. The molecular formula is C25H23NO4. The number of ether oxygens (including phenoxy) is 3. The maximum Gasteiger partial charge on any atom is 0.126 e. The minimum Gasteiger partial charge on any atom is -0.508 e. The molecule has 5 nitrogen and oxygen atoms in total. The molecule has 0 aliphatic carbocycles. The molecular weight excluding hydrogens is 378 g/mol. The fraction of sp³-hybridized carbons (Fsp3) is 0.200. The highest BCUT2D eigenvalue weighted by molar-refractivity contribution is 5.85. The van der Waals surface area contributed by atoms with Crippen molar-refractivity contribution in [1.29, 1.82) is 0 Å². The van der Waals surface area contributed by atoms with Crippen LogP contribution in [-0.4, -0.2) is 30.9 Å². The van der Waals surface area contributed by atoms with Gasteiger partial charge in [-0.25, -0.2) is 0 Å². The first-order chi connectivity index (χ1) is 14.7. The van der Waals surface area contributed by atoms with Gasteiger partial charge in [0, 0.05) is 46.6 Å². The smallest absolute Gasteiger partial charge is 0.126 e. The quantitative estimate of drug-likeness (QED) is 0.493. The summed E-state index contributed by atoms with van der Waals surface area (Å²) in [5, 5.41) is 11.1. The van der Waals surface area contributed by atoms with Crippen molar-refractivity contribution in [2.75, 3.05) is 20.8 Å². The molecule has 30 heavy (non-hydrogen) atoms. The Labute approximate surface area is 174 Å². The van der Waals surface area contributed by atoms with E-state index in [1.807, 2.05) is 30.3 Å². The molecule has 1 aliphatic heterocycles. The van der Waals surface area contributed by atoms with Crippen molar-refractivity contribution in [1.82, 2.24) is 4.98 Å². The highest BCUT2D eigenvalue weighted by atomic mass is 16.5. The van der Waals surface area contributed by atoms with E-state index >= 15 is 0 Å². The maximum absolute atomic E-state index is 9.94. The monoisotopic (exact) mass is 401 g/mol. The van der Waals surface area contributed by atoms with Crippen LogP contribution in [0.5, 0.6) is 23.0 Å². The van der Waals surface area contributed by atoms with E-state index in [0.717, 1.165) is 33.7 Å². The first-order valence-corrected chi connectivity index (χ1v) is 9.92. The van der Waals surface area contributed by atoms with Gasteiger partial charge in [0.2, 0.25) is 0 Å². The average Bonchev–Trinajstić information content (AvgIpc) is 3.21. The second kappa shape index (κ2) is 7.34. The van der Waals surface area contributed by atoms with Gasteiger partial charge in [-0.05, 0) is 41.5 Å². The first-order valence-electron chi connectivity index (χ1n) is 9.92. The molecule has 2 N–H and O–H groups in total. The Morgan fingerprint density at radius 1 is 0.900 bits per heavy atom. The predicted octanol–water partition coefficient (Wildman–Crippen LogP) is 5.20. The summed E-state index contributed by atoms with van der Waals surface area (Å²) in [7, 11) is 3.34.